The highest BCUT2D eigenvalue weighted by molar-refractivity contribution is 5.79. The van der Waals surface area contributed by atoms with Gasteiger partial charge < -0.3 is 10.6 Å². The first kappa shape index (κ1) is 14.0. The lowest BCUT2D eigenvalue weighted by atomic mass is 9.95. The highest BCUT2D eigenvalue weighted by atomic mass is 19.1. The first-order valence-electron chi connectivity index (χ1n) is 6.81. The van der Waals surface area contributed by atoms with Crippen LogP contribution in [0.25, 0.3) is 0 Å². The summed E-state index contributed by atoms with van der Waals surface area (Å²) < 4.78 is 13.1. The molecule has 0 spiro atoms. The molecule has 0 heterocycles. The lowest BCUT2D eigenvalue weighted by Crippen LogP contribution is -2.36. The maximum atomic E-state index is 13.1. The van der Waals surface area contributed by atoms with Crippen molar-refractivity contribution in [1.82, 2.24) is 4.90 Å². The van der Waals surface area contributed by atoms with E-state index in [1.165, 1.54) is 12.1 Å². The molecule has 1 amide bonds. The second-order valence-electron chi connectivity index (χ2n) is 5.36. The Morgan fingerprint density at radius 1 is 1.47 bits per heavy atom. The molecule has 19 heavy (non-hydrogen) atoms. The van der Waals surface area contributed by atoms with Gasteiger partial charge in [-0.25, -0.2) is 4.39 Å². The van der Waals surface area contributed by atoms with Gasteiger partial charge >= 0.3 is 0 Å². The number of amides is 1. The topological polar surface area (TPSA) is 46.3 Å². The van der Waals surface area contributed by atoms with E-state index in [4.69, 9.17) is 5.73 Å². The summed E-state index contributed by atoms with van der Waals surface area (Å²) in [4.78, 5) is 14.1. The van der Waals surface area contributed by atoms with Gasteiger partial charge in [-0.15, -0.1) is 0 Å². The zero-order valence-electron chi connectivity index (χ0n) is 11.3. The van der Waals surface area contributed by atoms with Crippen LogP contribution in [0.1, 0.15) is 24.8 Å². The second kappa shape index (κ2) is 6.15. The monoisotopic (exact) mass is 264 g/mol. The Kier molecular flexibility index (Phi) is 4.53. The molecule has 2 rings (SSSR count). The molecule has 3 nitrogen and oxygen atoms in total. The Bertz CT molecular complexity index is 450. The van der Waals surface area contributed by atoms with Crippen molar-refractivity contribution < 1.29 is 9.18 Å². The van der Waals surface area contributed by atoms with E-state index in [0.717, 1.165) is 24.8 Å². The molecular weight excluding hydrogens is 243 g/mol. The van der Waals surface area contributed by atoms with Crippen molar-refractivity contribution in [2.24, 2.45) is 17.6 Å². The molecule has 1 saturated carbocycles. The van der Waals surface area contributed by atoms with E-state index in [-0.39, 0.29) is 17.6 Å². The fourth-order valence-corrected chi connectivity index (χ4v) is 2.91. The van der Waals surface area contributed by atoms with Crippen LogP contribution >= 0.6 is 0 Å². The fourth-order valence-electron chi connectivity index (χ4n) is 2.91. The largest absolute Gasteiger partial charge is 0.341 e. The Hall–Kier alpha value is -1.42. The van der Waals surface area contributed by atoms with E-state index in [2.05, 4.69) is 0 Å². The summed E-state index contributed by atoms with van der Waals surface area (Å²) in [6, 6.07) is 6.38. The predicted molar refractivity (Wildman–Crippen MR) is 72.8 cm³/mol. The van der Waals surface area contributed by atoms with Gasteiger partial charge in [0.05, 0.1) is 0 Å². The van der Waals surface area contributed by atoms with Crippen molar-refractivity contribution in [3.05, 3.63) is 35.6 Å². The molecule has 4 heteroatoms. The van der Waals surface area contributed by atoms with Crippen molar-refractivity contribution in [3.8, 4) is 0 Å². The number of halogens is 1. The summed E-state index contributed by atoms with van der Waals surface area (Å²) in [6.07, 6.45) is 3.04. The lowest BCUT2D eigenvalue weighted by Gasteiger charge is -2.24. The first-order chi connectivity index (χ1) is 9.11. The maximum absolute atomic E-state index is 13.1. The van der Waals surface area contributed by atoms with E-state index in [1.54, 1.807) is 18.0 Å². The number of carbonyl (C=O) groups excluding carboxylic acids is 1. The van der Waals surface area contributed by atoms with Gasteiger partial charge in [0.25, 0.3) is 0 Å². The number of hydrogen-bond donors (Lipinski definition) is 1. The number of carbonyl (C=O) groups is 1. The Morgan fingerprint density at radius 3 is 2.95 bits per heavy atom. The minimum atomic E-state index is -0.265. The molecular formula is C15H21FN2O. The van der Waals surface area contributed by atoms with Crippen LogP contribution in [0.5, 0.6) is 0 Å². The third-order valence-corrected chi connectivity index (χ3v) is 3.96. The molecule has 1 aliphatic rings. The molecule has 1 aliphatic carbocycles. The van der Waals surface area contributed by atoms with Crippen LogP contribution in [-0.4, -0.2) is 24.4 Å². The first-order valence-corrected chi connectivity index (χ1v) is 6.81. The molecule has 2 atom stereocenters. The molecule has 1 aromatic rings. The molecule has 0 bridgehead atoms. The lowest BCUT2D eigenvalue weighted by molar-refractivity contribution is -0.135. The minimum Gasteiger partial charge on any atom is -0.341 e. The highest BCUT2D eigenvalue weighted by Gasteiger charge is 2.33. The van der Waals surface area contributed by atoms with Crippen molar-refractivity contribution in [1.29, 1.82) is 0 Å². The van der Waals surface area contributed by atoms with E-state index < -0.39 is 0 Å². The average molecular weight is 264 g/mol. The number of hydrogen-bond acceptors (Lipinski definition) is 2. The standard InChI is InChI=1S/C15H21FN2O/c1-18(10-11-4-2-6-13(16)8-11)15(19)14-7-3-5-12(14)9-17/h2,4,6,8,12,14H,3,5,7,9-10,17H2,1H3/t12-,14-/m1/s1. The molecule has 0 saturated heterocycles. The smallest absolute Gasteiger partial charge is 0.226 e. The molecule has 0 unspecified atom stereocenters. The van der Waals surface area contributed by atoms with E-state index in [1.807, 2.05) is 6.07 Å². The zero-order chi connectivity index (χ0) is 13.8. The van der Waals surface area contributed by atoms with Crippen LogP contribution in [-0.2, 0) is 11.3 Å². The number of nitrogens with two attached hydrogens (primary N) is 1. The highest BCUT2D eigenvalue weighted by Crippen LogP contribution is 2.32. The molecule has 1 fully saturated rings. The second-order valence-corrected chi connectivity index (χ2v) is 5.36. The van der Waals surface area contributed by atoms with E-state index in [9.17, 15) is 9.18 Å². The number of benzene rings is 1. The van der Waals surface area contributed by atoms with Crippen molar-refractivity contribution in [3.63, 3.8) is 0 Å². The summed E-state index contributed by atoms with van der Waals surface area (Å²) in [5, 5.41) is 0. The van der Waals surface area contributed by atoms with Gasteiger partial charge in [-0.05, 0) is 43.0 Å². The summed E-state index contributed by atoms with van der Waals surface area (Å²) in [5.74, 6) is 0.224. The van der Waals surface area contributed by atoms with Gasteiger partial charge in [0, 0.05) is 19.5 Å². The van der Waals surface area contributed by atoms with E-state index in [0.29, 0.717) is 19.0 Å². The molecule has 0 radical (unpaired) electrons. The van der Waals surface area contributed by atoms with Crippen LogP contribution in [0.3, 0.4) is 0 Å². The van der Waals surface area contributed by atoms with Gasteiger partial charge in [0.15, 0.2) is 0 Å². The van der Waals surface area contributed by atoms with Gasteiger partial charge in [-0.1, -0.05) is 18.6 Å². The normalized spacial score (nSPS) is 22.5. The van der Waals surface area contributed by atoms with Gasteiger partial charge in [-0.3, -0.25) is 4.79 Å². The fraction of sp³-hybridized carbons (Fsp3) is 0.533. The Labute approximate surface area is 113 Å². The third kappa shape index (κ3) is 3.32. The Morgan fingerprint density at radius 2 is 2.26 bits per heavy atom. The predicted octanol–water partition coefficient (Wildman–Crippen LogP) is 2.16. The zero-order valence-corrected chi connectivity index (χ0v) is 11.3. The molecule has 0 aliphatic heterocycles. The SMILES string of the molecule is CN(Cc1cccc(F)c1)C(=O)[C@@H]1CCC[C@@H]1CN. The van der Waals surface area contributed by atoms with Gasteiger partial charge in [0.1, 0.15) is 5.82 Å². The van der Waals surface area contributed by atoms with E-state index >= 15 is 0 Å². The van der Waals surface area contributed by atoms with Gasteiger partial charge in [-0.2, -0.15) is 0 Å². The summed E-state index contributed by atoms with van der Waals surface area (Å²) in [5.41, 5.74) is 6.53. The Balaban J connectivity index is 1.99. The van der Waals surface area contributed by atoms with Crippen LogP contribution in [0.4, 0.5) is 4.39 Å². The summed E-state index contributed by atoms with van der Waals surface area (Å²) in [7, 11) is 1.78. The molecule has 0 aromatic heterocycles. The number of nitrogens with zero attached hydrogens (tertiary/aromatic N) is 1. The molecule has 1 aromatic carbocycles. The van der Waals surface area contributed by atoms with Crippen LogP contribution in [0.15, 0.2) is 24.3 Å². The van der Waals surface area contributed by atoms with Crippen molar-refractivity contribution >= 4 is 5.91 Å². The third-order valence-electron chi connectivity index (χ3n) is 3.96. The average Bonchev–Trinajstić information content (AvgIpc) is 2.86. The summed E-state index contributed by atoms with van der Waals surface area (Å²) >= 11 is 0. The van der Waals surface area contributed by atoms with Crippen LogP contribution in [0, 0.1) is 17.7 Å². The van der Waals surface area contributed by atoms with Crippen LogP contribution in [0.2, 0.25) is 0 Å². The maximum Gasteiger partial charge on any atom is 0.226 e. The van der Waals surface area contributed by atoms with Crippen LogP contribution < -0.4 is 5.73 Å². The minimum absolute atomic E-state index is 0.0450. The van der Waals surface area contributed by atoms with Crippen molar-refractivity contribution in [2.45, 2.75) is 25.8 Å². The number of rotatable bonds is 4. The van der Waals surface area contributed by atoms with Crippen molar-refractivity contribution in [2.75, 3.05) is 13.6 Å². The molecule has 2 N–H and O–H groups in total. The van der Waals surface area contributed by atoms with Gasteiger partial charge in [0.2, 0.25) is 5.91 Å². The molecule has 104 valence electrons. The summed E-state index contributed by atoms with van der Waals surface area (Å²) in [6.45, 7) is 1.02. The quantitative estimate of drug-likeness (QED) is 0.906.